The number of hydrogen-bond acceptors (Lipinski definition) is 3. The molecule has 0 aliphatic rings. The van der Waals surface area contributed by atoms with Crippen LogP contribution in [0, 0.1) is 5.92 Å². The topological polar surface area (TPSA) is 62.5 Å². The molecule has 0 saturated heterocycles. The lowest BCUT2D eigenvalue weighted by molar-refractivity contribution is -0.141. The molecule has 0 saturated carbocycles. The van der Waals surface area contributed by atoms with Gasteiger partial charge in [0.05, 0.1) is 0 Å². The normalized spacial score (nSPS) is 12.9. The van der Waals surface area contributed by atoms with E-state index in [0.29, 0.717) is 13.0 Å². The van der Waals surface area contributed by atoms with E-state index >= 15 is 0 Å². The van der Waals surface area contributed by atoms with Gasteiger partial charge < -0.3 is 14.6 Å². The first-order valence-corrected chi connectivity index (χ1v) is 6.40. The standard InChI is InChI=1S/C14H22N2O3/c1-10(2)7-12(14(18)19)16-6-5-11(8-13(16)17)9-15(3)4/h5-6,8,10,12H,7,9H2,1-4H3,(H,18,19). The summed E-state index contributed by atoms with van der Waals surface area (Å²) in [6, 6.07) is 2.52. The molecular formula is C14H22N2O3. The van der Waals surface area contributed by atoms with Gasteiger partial charge >= 0.3 is 5.97 Å². The van der Waals surface area contributed by atoms with Gasteiger partial charge in [0.25, 0.3) is 5.56 Å². The van der Waals surface area contributed by atoms with E-state index < -0.39 is 12.0 Å². The number of carbonyl (C=O) groups is 1. The van der Waals surface area contributed by atoms with E-state index in [1.54, 1.807) is 12.3 Å². The van der Waals surface area contributed by atoms with Crippen molar-refractivity contribution in [2.75, 3.05) is 14.1 Å². The van der Waals surface area contributed by atoms with E-state index in [1.165, 1.54) is 10.6 Å². The first kappa shape index (κ1) is 15.4. The molecule has 0 amide bonds. The molecule has 19 heavy (non-hydrogen) atoms. The summed E-state index contributed by atoms with van der Waals surface area (Å²) in [6.07, 6.45) is 2.03. The van der Waals surface area contributed by atoms with Crippen LogP contribution < -0.4 is 5.56 Å². The molecule has 0 aliphatic heterocycles. The SMILES string of the molecule is CC(C)CC(C(=O)O)n1ccc(CN(C)C)cc1=O. The van der Waals surface area contributed by atoms with Crippen LogP contribution >= 0.6 is 0 Å². The van der Waals surface area contributed by atoms with E-state index in [-0.39, 0.29) is 11.5 Å². The third-order valence-electron chi connectivity index (χ3n) is 2.83. The second-order valence-corrected chi connectivity index (χ2v) is 5.50. The Morgan fingerprint density at radius 3 is 2.47 bits per heavy atom. The van der Waals surface area contributed by atoms with Crippen LogP contribution in [0.25, 0.3) is 0 Å². The lowest BCUT2D eigenvalue weighted by Crippen LogP contribution is -2.30. The van der Waals surface area contributed by atoms with Gasteiger partial charge in [-0.05, 0) is 38.1 Å². The quantitative estimate of drug-likeness (QED) is 0.849. The average molecular weight is 266 g/mol. The molecule has 1 atom stereocenters. The van der Waals surface area contributed by atoms with Gasteiger partial charge in [-0.1, -0.05) is 13.8 Å². The van der Waals surface area contributed by atoms with Gasteiger partial charge in [-0.15, -0.1) is 0 Å². The molecule has 1 aromatic heterocycles. The van der Waals surface area contributed by atoms with Crippen LogP contribution in [0.5, 0.6) is 0 Å². The Hall–Kier alpha value is -1.62. The van der Waals surface area contributed by atoms with Crippen LogP contribution in [0.3, 0.4) is 0 Å². The Morgan fingerprint density at radius 1 is 1.42 bits per heavy atom. The minimum atomic E-state index is -0.962. The van der Waals surface area contributed by atoms with Gasteiger partial charge in [-0.3, -0.25) is 4.79 Å². The largest absolute Gasteiger partial charge is 0.480 e. The zero-order valence-corrected chi connectivity index (χ0v) is 12.0. The number of hydrogen-bond donors (Lipinski definition) is 1. The van der Waals surface area contributed by atoms with Crippen molar-refractivity contribution >= 4 is 5.97 Å². The minimum Gasteiger partial charge on any atom is -0.480 e. The number of carboxylic acids is 1. The minimum absolute atomic E-state index is 0.217. The predicted octanol–water partition coefficient (Wildman–Crippen LogP) is 1.58. The average Bonchev–Trinajstić information content (AvgIpc) is 2.25. The Labute approximate surface area is 113 Å². The second kappa shape index (κ2) is 6.52. The summed E-state index contributed by atoms with van der Waals surface area (Å²) in [4.78, 5) is 25.3. The smallest absolute Gasteiger partial charge is 0.326 e. The highest BCUT2D eigenvalue weighted by molar-refractivity contribution is 5.71. The third kappa shape index (κ3) is 4.52. The molecule has 0 fully saturated rings. The summed E-state index contributed by atoms with van der Waals surface area (Å²) in [5.41, 5.74) is 0.632. The summed E-state index contributed by atoms with van der Waals surface area (Å²) in [5.74, 6) is -0.745. The van der Waals surface area contributed by atoms with Gasteiger partial charge in [-0.25, -0.2) is 4.79 Å². The highest BCUT2D eigenvalue weighted by Crippen LogP contribution is 2.16. The molecule has 106 valence electrons. The molecule has 1 aromatic rings. The lowest BCUT2D eigenvalue weighted by atomic mass is 10.0. The maximum absolute atomic E-state index is 12.0. The molecule has 0 bridgehead atoms. The number of pyridine rings is 1. The van der Waals surface area contributed by atoms with E-state index in [4.69, 9.17) is 0 Å². The van der Waals surface area contributed by atoms with Crippen molar-refractivity contribution in [2.45, 2.75) is 32.9 Å². The van der Waals surface area contributed by atoms with Crippen molar-refractivity contribution in [3.8, 4) is 0 Å². The second-order valence-electron chi connectivity index (χ2n) is 5.50. The van der Waals surface area contributed by atoms with Gasteiger partial charge in [0.1, 0.15) is 6.04 Å². The summed E-state index contributed by atoms with van der Waals surface area (Å²) < 4.78 is 1.31. The highest BCUT2D eigenvalue weighted by atomic mass is 16.4. The Bertz CT molecular complexity index is 492. The first-order valence-electron chi connectivity index (χ1n) is 6.40. The van der Waals surface area contributed by atoms with Gasteiger partial charge in [-0.2, -0.15) is 0 Å². The summed E-state index contributed by atoms with van der Waals surface area (Å²) in [5, 5.41) is 9.25. The fraction of sp³-hybridized carbons (Fsp3) is 0.571. The molecule has 1 N–H and O–H groups in total. The van der Waals surface area contributed by atoms with Crippen molar-refractivity contribution in [2.24, 2.45) is 5.92 Å². The molecular weight excluding hydrogens is 244 g/mol. The number of aliphatic carboxylic acids is 1. The van der Waals surface area contributed by atoms with Gasteiger partial charge in [0.15, 0.2) is 0 Å². The zero-order valence-electron chi connectivity index (χ0n) is 12.0. The summed E-state index contributed by atoms with van der Waals surface area (Å²) >= 11 is 0. The van der Waals surface area contributed by atoms with Crippen LogP contribution in [0.15, 0.2) is 23.1 Å². The zero-order chi connectivity index (χ0) is 14.6. The molecule has 5 heteroatoms. The van der Waals surface area contributed by atoms with Crippen LogP contribution in [-0.4, -0.2) is 34.6 Å². The number of carboxylic acid groups (broad SMARTS) is 1. The van der Waals surface area contributed by atoms with Crippen molar-refractivity contribution < 1.29 is 9.90 Å². The van der Waals surface area contributed by atoms with Crippen LogP contribution in [0.4, 0.5) is 0 Å². The predicted molar refractivity (Wildman–Crippen MR) is 74.2 cm³/mol. The fourth-order valence-corrected chi connectivity index (χ4v) is 2.03. The Balaban J connectivity index is 3.05. The van der Waals surface area contributed by atoms with Crippen LogP contribution in [0.2, 0.25) is 0 Å². The maximum Gasteiger partial charge on any atom is 0.326 e. The summed E-state index contributed by atoms with van der Waals surface area (Å²) in [6.45, 7) is 4.56. The molecule has 0 radical (unpaired) electrons. The van der Waals surface area contributed by atoms with E-state index in [9.17, 15) is 14.7 Å². The lowest BCUT2D eigenvalue weighted by Gasteiger charge is -2.18. The highest BCUT2D eigenvalue weighted by Gasteiger charge is 2.21. The van der Waals surface area contributed by atoms with Gasteiger partial charge in [0, 0.05) is 18.8 Å². The number of rotatable bonds is 6. The Morgan fingerprint density at radius 2 is 2.05 bits per heavy atom. The molecule has 1 rings (SSSR count). The summed E-state index contributed by atoms with van der Waals surface area (Å²) in [7, 11) is 3.84. The van der Waals surface area contributed by atoms with Gasteiger partial charge in [0.2, 0.25) is 0 Å². The van der Waals surface area contributed by atoms with Crippen molar-refractivity contribution in [3.63, 3.8) is 0 Å². The van der Waals surface area contributed by atoms with E-state index in [2.05, 4.69) is 0 Å². The molecule has 5 nitrogen and oxygen atoms in total. The van der Waals surface area contributed by atoms with Crippen LogP contribution in [-0.2, 0) is 11.3 Å². The molecule has 1 heterocycles. The third-order valence-corrected chi connectivity index (χ3v) is 2.83. The first-order chi connectivity index (χ1) is 8.81. The molecule has 1 unspecified atom stereocenters. The maximum atomic E-state index is 12.0. The van der Waals surface area contributed by atoms with Crippen molar-refractivity contribution in [1.29, 1.82) is 0 Å². The van der Waals surface area contributed by atoms with Crippen molar-refractivity contribution in [1.82, 2.24) is 9.47 Å². The molecule has 0 aliphatic carbocycles. The van der Waals surface area contributed by atoms with Crippen LogP contribution in [0.1, 0.15) is 31.9 Å². The monoisotopic (exact) mass is 266 g/mol. The molecule has 0 spiro atoms. The van der Waals surface area contributed by atoms with Crippen molar-refractivity contribution in [3.05, 3.63) is 34.2 Å². The molecule has 0 aromatic carbocycles. The number of nitrogens with zero attached hydrogens (tertiary/aromatic N) is 2. The Kier molecular flexibility index (Phi) is 5.30. The fourth-order valence-electron chi connectivity index (χ4n) is 2.03. The number of aromatic nitrogens is 1. The van der Waals surface area contributed by atoms with E-state index in [1.807, 2.05) is 32.8 Å². The van der Waals surface area contributed by atoms with E-state index in [0.717, 1.165) is 5.56 Å².